The molecule has 0 saturated carbocycles. The van der Waals surface area contributed by atoms with E-state index in [0.29, 0.717) is 0 Å². The molecule has 0 amide bonds. The summed E-state index contributed by atoms with van der Waals surface area (Å²) in [5, 5.41) is 9.22. The van der Waals surface area contributed by atoms with Gasteiger partial charge in [0.25, 0.3) is 0 Å². The fraction of sp³-hybridized carbons (Fsp3) is 0.286. The van der Waals surface area contributed by atoms with E-state index < -0.39 is 6.17 Å². The average Bonchev–Trinajstić information content (AvgIpc) is 2.52. The Bertz CT molecular complexity index is 228. The molecule has 0 unspecified atom stereocenters. The van der Waals surface area contributed by atoms with Crippen LogP contribution in [-0.4, -0.2) is 37.0 Å². The van der Waals surface area contributed by atoms with Crippen molar-refractivity contribution in [1.29, 1.82) is 0 Å². The van der Waals surface area contributed by atoms with Crippen molar-refractivity contribution in [2.45, 2.75) is 6.17 Å². The Morgan fingerprint density at radius 3 is 2.73 bits per heavy atom. The number of aliphatic hydroxyl groups is 1. The Kier molecular flexibility index (Phi) is 2.54. The van der Waals surface area contributed by atoms with Crippen LogP contribution >= 0.6 is 0 Å². The van der Waals surface area contributed by atoms with Crippen LogP contribution in [0.4, 0.5) is 0 Å². The molecule has 58 valence electrons. The van der Waals surface area contributed by atoms with E-state index in [1.165, 1.54) is 12.3 Å². The molecule has 0 aliphatic carbocycles. The Morgan fingerprint density at radius 1 is 1.55 bits per heavy atom. The zero-order chi connectivity index (χ0) is 8.10. The van der Waals surface area contributed by atoms with Gasteiger partial charge in [0, 0.05) is 25.7 Å². The third kappa shape index (κ3) is 2.00. The molecule has 0 aromatic heterocycles. The zero-order valence-electron chi connectivity index (χ0n) is 6.18. The lowest BCUT2D eigenvalue weighted by molar-refractivity contribution is 0.374. The van der Waals surface area contributed by atoms with E-state index in [-0.39, 0.29) is 5.76 Å². The summed E-state index contributed by atoms with van der Waals surface area (Å²) in [6.45, 7) is 0. The van der Waals surface area contributed by atoms with Gasteiger partial charge in [-0.05, 0) is 6.08 Å². The number of hydrogen-bond acceptors (Lipinski definition) is 4. The molecular formula is C7H9N3O. The molecule has 11 heavy (non-hydrogen) atoms. The Hall–Kier alpha value is -1.45. The summed E-state index contributed by atoms with van der Waals surface area (Å²) >= 11 is 0. The van der Waals surface area contributed by atoms with Gasteiger partial charge in [-0.3, -0.25) is 15.0 Å². The first kappa shape index (κ1) is 7.65. The summed E-state index contributed by atoms with van der Waals surface area (Å²) in [6, 6.07) is 0. The highest BCUT2D eigenvalue weighted by Gasteiger charge is 2.09. The first-order valence-electron chi connectivity index (χ1n) is 3.21. The molecule has 1 rings (SSSR count). The molecule has 0 spiro atoms. The topological polar surface area (TPSA) is 57.3 Å². The number of nitrogens with zero attached hydrogens (tertiary/aromatic N) is 3. The number of aliphatic imine (C=N–C) groups is 3. The highest BCUT2D eigenvalue weighted by molar-refractivity contribution is 6.17. The second kappa shape index (κ2) is 3.65. The van der Waals surface area contributed by atoms with Gasteiger partial charge in [-0.15, -0.1) is 0 Å². The van der Waals surface area contributed by atoms with Crippen molar-refractivity contribution in [1.82, 2.24) is 0 Å². The van der Waals surface area contributed by atoms with Crippen LogP contribution in [0, 0.1) is 0 Å². The molecule has 4 heteroatoms. The minimum atomic E-state index is -0.451. The third-order valence-electron chi connectivity index (χ3n) is 1.18. The molecule has 0 atom stereocenters. The predicted molar refractivity (Wildman–Crippen MR) is 45.9 cm³/mol. The van der Waals surface area contributed by atoms with Gasteiger partial charge in [0.05, 0.1) is 0 Å². The number of aliphatic hydroxyl groups excluding tert-OH is 1. The normalized spacial score (nSPS) is 18.8. The molecule has 0 radical (unpaired) electrons. The largest absolute Gasteiger partial charge is 0.508 e. The number of allylic oxidation sites excluding steroid dienone is 1. The number of hydrogen-bond donors (Lipinski definition) is 1. The molecule has 1 heterocycles. The Balaban J connectivity index is 2.60. The second-order valence-corrected chi connectivity index (χ2v) is 1.97. The lowest BCUT2D eigenvalue weighted by Gasteiger charge is -1.99. The van der Waals surface area contributed by atoms with Crippen molar-refractivity contribution >= 4 is 18.6 Å². The van der Waals surface area contributed by atoms with E-state index in [2.05, 4.69) is 15.0 Å². The summed E-state index contributed by atoms with van der Waals surface area (Å²) in [7, 11) is 1.63. The summed E-state index contributed by atoms with van der Waals surface area (Å²) < 4.78 is 0. The first-order chi connectivity index (χ1) is 5.34. The van der Waals surface area contributed by atoms with Gasteiger partial charge in [-0.1, -0.05) is 0 Å². The van der Waals surface area contributed by atoms with Gasteiger partial charge in [0.15, 0.2) is 6.17 Å². The highest BCUT2D eigenvalue weighted by atomic mass is 16.3. The van der Waals surface area contributed by atoms with E-state index in [1.54, 1.807) is 19.5 Å². The second-order valence-electron chi connectivity index (χ2n) is 1.97. The monoisotopic (exact) mass is 151 g/mol. The molecule has 1 aliphatic rings. The maximum Gasteiger partial charge on any atom is 0.196 e. The summed E-state index contributed by atoms with van der Waals surface area (Å²) in [5.41, 5.74) is 0. The molecular weight excluding hydrogens is 142 g/mol. The van der Waals surface area contributed by atoms with Crippen molar-refractivity contribution in [3.05, 3.63) is 11.8 Å². The van der Waals surface area contributed by atoms with Crippen LogP contribution in [0.3, 0.4) is 0 Å². The molecule has 1 N–H and O–H groups in total. The lowest BCUT2D eigenvalue weighted by atomic mass is 10.4. The van der Waals surface area contributed by atoms with Crippen LogP contribution in [0.5, 0.6) is 0 Å². The zero-order valence-corrected chi connectivity index (χ0v) is 6.18. The van der Waals surface area contributed by atoms with E-state index in [0.717, 1.165) is 0 Å². The summed E-state index contributed by atoms with van der Waals surface area (Å²) in [5.74, 6) is 0.112. The van der Waals surface area contributed by atoms with E-state index in [4.69, 9.17) is 0 Å². The average molecular weight is 151 g/mol. The minimum Gasteiger partial charge on any atom is -0.508 e. The van der Waals surface area contributed by atoms with Gasteiger partial charge in [0.2, 0.25) is 0 Å². The van der Waals surface area contributed by atoms with Gasteiger partial charge < -0.3 is 5.11 Å². The predicted octanol–water partition coefficient (Wildman–Crippen LogP) is 0.610. The lowest BCUT2D eigenvalue weighted by Crippen LogP contribution is -2.01. The van der Waals surface area contributed by atoms with E-state index in [1.807, 2.05) is 0 Å². The summed E-state index contributed by atoms with van der Waals surface area (Å²) in [4.78, 5) is 11.4. The first-order valence-corrected chi connectivity index (χ1v) is 3.21. The molecule has 0 aromatic carbocycles. The van der Waals surface area contributed by atoms with Crippen LogP contribution in [0.25, 0.3) is 0 Å². The van der Waals surface area contributed by atoms with Crippen LogP contribution in [-0.2, 0) is 0 Å². The fourth-order valence-electron chi connectivity index (χ4n) is 0.668. The van der Waals surface area contributed by atoms with E-state index >= 15 is 0 Å². The number of rotatable bonds is 2. The maximum atomic E-state index is 9.22. The molecule has 1 aliphatic heterocycles. The van der Waals surface area contributed by atoms with Crippen molar-refractivity contribution < 1.29 is 5.11 Å². The van der Waals surface area contributed by atoms with Crippen molar-refractivity contribution in [2.24, 2.45) is 15.0 Å². The van der Waals surface area contributed by atoms with E-state index in [9.17, 15) is 5.11 Å². The smallest absolute Gasteiger partial charge is 0.196 e. The maximum absolute atomic E-state index is 9.22. The quantitative estimate of drug-likeness (QED) is 0.456. The Labute approximate surface area is 64.7 Å². The van der Waals surface area contributed by atoms with Crippen LogP contribution in [0.2, 0.25) is 0 Å². The van der Waals surface area contributed by atoms with Gasteiger partial charge >= 0.3 is 0 Å². The molecule has 4 nitrogen and oxygen atoms in total. The highest BCUT2D eigenvalue weighted by Crippen LogP contribution is 2.05. The molecule has 0 fully saturated rings. The molecule has 0 bridgehead atoms. The van der Waals surface area contributed by atoms with Crippen molar-refractivity contribution in [3.63, 3.8) is 0 Å². The van der Waals surface area contributed by atoms with Crippen LogP contribution < -0.4 is 0 Å². The molecule has 0 aromatic rings. The van der Waals surface area contributed by atoms with Crippen molar-refractivity contribution in [3.8, 4) is 0 Å². The van der Waals surface area contributed by atoms with Crippen LogP contribution in [0.15, 0.2) is 26.8 Å². The van der Waals surface area contributed by atoms with Crippen LogP contribution in [0.1, 0.15) is 0 Å². The van der Waals surface area contributed by atoms with Gasteiger partial charge in [0.1, 0.15) is 5.76 Å². The standard InChI is InChI=1S/C7H9N3O/c1-8-3-2-6(11)7-9-4-5-10-7/h2-5,7,11H,1H3/b6-2+,8-3-. The minimum absolute atomic E-state index is 0.112. The third-order valence-corrected chi connectivity index (χ3v) is 1.18. The summed E-state index contributed by atoms with van der Waals surface area (Å²) in [6.07, 6.45) is 5.63. The Morgan fingerprint density at radius 2 is 2.18 bits per heavy atom. The SMILES string of the molecule is C/N=C\C=C(\O)C1N=CC=N1. The molecule has 0 saturated heterocycles. The van der Waals surface area contributed by atoms with Gasteiger partial charge in [-0.2, -0.15) is 0 Å². The van der Waals surface area contributed by atoms with Crippen molar-refractivity contribution in [2.75, 3.05) is 7.05 Å². The fourth-order valence-corrected chi connectivity index (χ4v) is 0.668. The van der Waals surface area contributed by atoms with Gasteiger partial charge in [-0.25, -0.2) is 0 Å².